The van der Waals surface area contributed by atoms with E-state index in [2.05, 4.69) is 6.58 Å². The maximum atomic E-state index is 9.42. The Balaban J connectivity index is 2.92. The summed E-state index contributed by atoms with van der Waals surface area (Å²) in [5.74, 6) is 0. The second-order valence-electron chi connectivity index (χ2n) is 2.40. The SMILES string of the molecule is C=C(C)C(O)c1ccoc1Cl. The van der Waals surface area contributed by atoms with Crippen molar-refractivity contribution >= 4 is 11.6 Å². The minimum Gasteiger partial charge on any atom is -0.453 e. The van der Waals surface area contributed by atoms with Gasteiger partial charge in [0.05, 0.1) is 6.26 Å². The van der Waals surface area contributed by atoms with Crippen LogP contribution in [0.15, 0.2) is 28.9 Å². The van der Waals surface area contributed by atoms with Crippen LogP contribution in [-0.2, 0) is 0 Å². The number of rotatable bonds is 2. The third-order valence-corrected chi connectivity index (χ3v) is 1.71. The molecule has 0 aliphatic rings. The van der Waals surface area contributed by atoms with Gasteiger partial charge in [0, 0.05) is 5.56 Å². The molecule has 0 radical (unpaired) electrons. The molecule has 1 unspecified atom stereocenters. The van der Waals surface area contributed by atoms with E-state index in [1.165, 1.54) is 6.26 Å². The van der Waals surface area contributed by atoms with Gasteiger partial charge in [0.1, 0.15) is 6.10 Å². The standard InChI is InChI=1S/C8H9ClO2/c1-5(2)7(10)6-3-4-11-8(6)9/h3-4,7,10H,1H2,2H3. The Morgan fingerprint density at radius 1 is 1.82 bits per heavy atom. The second-order valence-corrected chi connectivity index (χ2v) is 2.74. The molecule has 0 aliphatic heterocycles. The van der Waals surface area contributed by atoms with Crippen LogP contribution >= 0.6 is 11.6 Å². The van der Waals surface area contributed by atoms with E-state index < -0.39 is 6.10 Å². The van der Waals surface area contributed by atoms with E-state index in [4.69, 9.17) is 16.0 Å². The normalized spacial score (nSPS) is 13.0. The van der Waals surface area contributed by atoms with Crippen molar-refractivity contribution in [2.24, 2.45) is 0 Å². The minimum absolute atomic E-state index is 0.223. The largest absolute Gasteiger partial charge is 0.453 e. The van der Waals surface area contributed by atoms with Crippen molar-refractivity contribution in [3.05, 3.63) is 35.3 Å². The van der Waals surface area contributed by atoms with E-state index in [9.17, 15) is 5.11 Å². The third kappa shape index (κ3) is 1.64. The van der Waals surface area contributed by atoms with Gasteiger partial charge in [0.15, 0.2) is 5.22 Å². The summed E-state index contributed by atoms with van der Waals surface area (Å²) >= 11 is 5.61. The van der Waals surface area contributed by atoms with Gasteiger partial charge in [0.2, 0.25) is 0 Å². The van der Waals surface area contributed by atoms with E-state index in [0.29, 0.717) is 11.1 Å². The Labute approximate surface area is 70.1 Å². The first-order valence-corrected chi connectivity index (χ1v) is 3.57. The zero-order valence-electron chi connectivity index (χ0n) is 6.17. The monoisotopic (exact) mass is 172 g/mol. The highest BCUT2D eigenvalue weighted by Crippen LogP contribution is 2.27. The lowest BCUT2D eigenvalue weighted by molar-refractivity contribution is 0.215. The Kier molecular flexibility index (Phi) is 2.37. The van der Waals surface area contributed by atoms with Gasteiger partial charge < -0.3 is 9.52 Å². The zero-order chi connectivity index (χ0) is 8.43. The van der Waals surface area contributed by atoms with Gasteiger partial charge >= 0.3 is 0 Å². The van der Waals surface area contributed by atoms with Crippen molar-refractivity contribution in [3.8, 4) is 0 Å². The van der Waals surface area contributed by atoms with Gasteiger partial charge in [-0.25, -0.2) is 0 Å². The fourth-order valence-corrected chi connectivity index (χ4v) is 0.982. The highest BCUT2D eigenvalue weighted by atomic mass is 35.5. The topological polar surface area (TPSA) is 33.4 Å². The molecule has 0 amide bonds. The highest BCUT2D eigenvalue weighted by Gasteiger charge is 2.13. The molecule has 60 valence electrons. The minimum atomic E-state index is -0.721. The summed E-state index contributed by atoms with van der Waals surface area (Å²) < 4.78 is 4.80. The Morgan fingerprint density at radius 2 is 2.45 bits per heavy atom. The molecule has 0 aromatic carbocycles. The average Bonchev–Trinajstić information content (AvgIpc) is 2.33. The molecule has 3 heteroatoms. The highest BCUT2D eigenvalue weighted by molar-refractivity contribution is 6.29. The Morgan fingerprint density at radius 3 is 2.82 bits per heavy atom. The summed E-state index contributed by atoms with van der Waals surface area (Å²) in [7, 11) is 0. The zero-order valence-corrected chi connectivity index (χ0v) is 6.93. The van der Waals surface area contributed by atoms with Crippen molar-refractivity contribution < 1.29 is 9.52 Å². The predicted molar refractivity (Wildman–Crippen MR) is 43.5 cm³/mol. The van der Waals surface area contributed by atoms with Crippen LogP contribution < -0.4 is 0 Å². The van der Waals surface area contributed by atoms with Crippen molar-refractivity contribution in [3.63, 3.8) is 0 Å². The maximum absolute atomic E-state index is 9.42. The predicted octanol–water partition coefficient (Wildman–Crippen LogP) is 2.54. The van der Waals surface area contributed by atoms with Gasteiger partial charge in [-0.3, -0.25) is 0 Å². The molecule has 11 heavy (non-hydrogen) atoms. The van der Waals surface area contributed by atoms with Crippen LogP contribution in [0.1, 0.15) is 18.6 Å². The maximum Gasteiger partial charge on any atom is 0.199 e. The smallest absolute Gasteiger partial charge is 0.199 e. The molecular formula is C8H9ClO2. The number of halogens is 1. The molecule has 2 nitrogen and oxygen atoms in total. The molecule has 1 aromatic heterocycles. The number of aliphatic hydroxyl groups is 1. The number of aliphatic hydroxyl groups excluding tert-OH is 1. The van der Waals surface area contributed by atoms with Gasteiger partial charge in [-0.2, -0.15) is 0 Å². The molecule has 0 fully saturated rings. The summed E-state index contributed by atoms with van der Waals surface area (Å²) in [6.07, 6.45) is 0.713. The lowest BCUT2D eigenvalue weighted by Gasteiger charge is -2.06. The molecule has 1 N–H and O–H groups in total. The summed E-state index contributed by atoms with van der Waals surface area (Å²) in [5.41, 5.74) is 1.22. The quantitative estimate of drug-likeness (QED) is 0.696. The number of hydrogen-bond acceptors (Lipinski definition) is 2. The molecule has 0 spiro atoms. The first-order chi connectivity index (χ1) is 5.13. The average molecular weight is 173 g/mol. The molecule has 0 aliphatic carbocycles. The van der Waals surface area contributed by atoms with Gasteiger partial charge in [-0.15, -0.1) is 0 Å². The molecule has 1 rings (SSSR count). The number of hydrogen-bond donors (Lipinski definition) is 1. The summed E-state index contributed by atoms with van der Waals surface area (Å²) in [6, 6.07) is 1.63. The van der Waals surface area contributed by atoms with Crippen LogP contribution in [0.4, 0.5) is 0 Å². The first-order valence-electron chi connectivity index (χ1n) is 3.19. The summed E-state index contributed by atoms with van der Waals surface area (Å²) in [6.45, 7) is 5.33. The van der Waals surface area contributed by atoms with E-state index in [0.717, 1.165) is 0 Å². The van der Waals surface area contributed by atoms with Crippen molar-refractivity contribution in [2.75, 3.05) is 0 Å². The van der Waals surface area contributed by atoms with E-state index in [1.54, 1.807) is 13.0 Å². The molecule has 0 saturated carbocycles. The van der Waals surface area contributed by atoms with Crippen LogP contribution in [0.3, 0.4) is 0 Å². The van der Waals surface area contributed by atoms with Gasteiger partial charge in [0.25, 0.3) is 0 Å². The lowest BCUT2D eigenvalue weighted by atomic mass is 10.1. The first kappa shape index (κ1) is 8.37. The molecule has 0 saturated heterocycles. The molecular weight excluding hydrogens is 164 g/mol. The van der Waals surface area contributed by atoms with Crippen molar-refractivity contribution in [1.29, 1.82) is 0 Å². The molecule has 1 aromatic rings. The van der Waals surface area contributed by atoms with Crippen LogP contribution in [0, 0.1) is 0 Å². The lowest BCUT2D eigenvalue weighted by Crippen LogP contribution is -1.95. The van der Waals surface area contributed by atoms with Crippen molar-refractivity contribution in [2.45, 2.75) is 13.0 Å². The Hall–Kier alpha value is -0.730. The Bertz CT molecular complexity index is 265. The van der Waals surface area contributed by atoms with Crippen molar-refractivity contribution in [1.82, 2.24) is 0 Å². The fourth-order valence-electron chi connectivity index (χ4n) is 0.765. The second kappa shape index (κ2) is 3.11. The van der Waals surface area contributed by atoms with Gasteiger partial charge in [-0.05, 0) is 30.2 Å². The molecule has 1 heterocycles. The van der Waals surface area contributed by atoms with Crippen LogP contribution in [0.25, 0.3) is 0 Å². The third-order valence-electron chi connectivity index (χ3n) is 1.41. The summed E-state index contributed by atoms with van der Waals surface area (Å²) in [4.78, 5) is 0. The van der Waals surface area contributed by atoms with E-state index in [-0.39, 0.29) is 5.22 Å². The van der Waals surface area contributed by atoms with Crippen LogP contribution in [0.5, 0.6) is 0 Å². The van der Waals surface area contributed by atoms with E-state index >= 15 is 0 Å². The molecule has 1 atom stereocenters. The van der Waals surface area contributed by atoms with Crippen LogP contribution in [-0.4, -0.2) is 5.11 Å². The summed E-state index contributed by atoms with van der Waals surface area (Å²) in [5, 5.41) is 9.65. The number of furan rings is 1. The van der Waals surface area contributed by atoms with Crippen LogP contribution in [0.2, 0.25) is 5.22 Å². The fraction of sp³-hybridized carbons (Fsp3) is 0.250. The van der Waals surface area contributed by atoms with Gasteiger partial charge in [-0.1, -0.05) is 6.58 Å². The van der Waals surface area contributed by atoms with E-state index in [1.807, 2.05) is 0 Å². The molecule has 0 bridgehead atoms.